The maximum absolute atomic E-state index is 12.6. The Morgan fingerprint density at radius 1 is 1.39 bits per heavy atom. The summed E-state index contributed by atoms with van der Waals surface area (Å²) < 4.78 is 26.8. The Kier molecular flexibility index (Phi) is 5.96. The number of allylic oxidation sites excluding steroid dienone is 1. The number of nitrogens with zero attached hydrogens (tertiary/aromatic N) is 1. The summed E-state index contributed by atoms with van der Waals surface area (Å²) >= 11 is 0. The fraction of sp³-hybridized carbons (Fsp3) is 0.471. The van der Waals surface area contributed by atoms with Crippen molar-refractivity contribution in [2.75, 3.05) is 18.4 Å². The first kappa shape index (κ1) is 17.7. The van der Waals surface area contributed by atoms with E-state index in [9.17, 15) is 13.2 Å². The van der Waals surface area contributed by atoms with Gasteiger partial charge in [-0.2, -0.15) is 4.31 Å². The van der Waals surface area contributed by atoms with E-state index in [0.29, 0.717) is 37.5 Å². The van der Waals surface area contributed by atoms with Gasteiger partial charge in [0.1, 0.15) is 0 Å². The van der Waals surface area contributed by atoms with E-state index in [4.69, 9.17) is 0 Å². The van der Waals surface area contributed by atoms with Gasteiger partial charge in [0.05, 0.1) is 4.90 Å². The molecule has 1 aliphatic rings. The molecule has 0 aliphatic carbocycles. The Balaban J connectivity index is 2.06. The predicted molar refractivity (Wildman–Crippen MR) is 91.7 cm³/mol. The van der Waals surface area contributed by atoms with Gasteiger partial charge in [-0.25, -0.2) is 8.42 Å². The van der Waals surface area contributed by atoms with Crippen LogP contribution in [-0.2, 0) is 14.8 Å². The molecular formula is C17H24N2O3S. The predicted octanol–water partition coefficient (Wildman–Crippen LogP) is 3.01. The van der Waals surface area contributed by atoms with E-state index < -0.39 is 10.0 Å². The highest BCUT2D eigenvalue weighted by molar-refractivity contribution is 7.89. The summed E-state index contributed by atoms with van der Waals surface area (Å²) in [5.41, 5.74) is 0.602. The molecule has 1 aromatic rings. The Morgan fingerprint density at radius 2 is 2.09 bits per heavy atom. The largest absolute Gasteiger partial charge is 0.326 e. The summed E-state index contributed by atoms with van der Waals surface area (Å²) in [6.45, 7) is 6.80. The van der Waals surface area contributed by atoms with E-state index in [-0.39, 0.29) is 10.8 Å². The zero-order valence-electron chi connectivity index (χ0n) is 13.5. The Bertz CT molecular complexity index is 653. The van der Waals surface area contributed by atoms with Gasteiger partial charge in [0.15, 0.2) is 0 Å². The molecule has 126 valence electrons. The number of carbonyl (C=O) groups is 1. The van der Waals surface area contributed by atoms with E-state index in [1.54, 1.807) is 34.6 Å². The average molecular weight is 336 g/mol. The number of sulfonamides is 1. The SMILES string of the molecule is C=CCCC(=O)Nc1ccc(S(=O)(=O)N2CCCC(C)C2)cc1. The minimum atomic E-state index is -3.45. The lowest BCUT2D eigenvalue weighted by molar-refractivity contribution is -0.116. The molecule has 0 saturated carbocycles. The number of anilines is 1. The monoisotopic (exact) mass is 336 g/mol. The van der Waals surface area contributed by atoms with Crippen molar-refractivity contribution >= 4 is 21.6 Å². The van der Waals surface area contributed by atoms with Crippen LogP contribution in [0.5, 0.6) is 0 Å². The lowest BCUT2D eigenvalue weighted by Gasteiger charge is -2.30. The Morgan fingerprint density at radius 3 is 2.70 bits per heavy atom. The number of hydrogen-bond donors (Lipinski definition) is 1. The quantitative estimate of drug-likeness (QED) is 0.812. The molecule has 1 aliphatic heterocycles. The summed E-state index contributed by atoms with van der Waals surface area (Å²) in [4.78, 5) is 11.9. The molecule has 1 unspecified atom stereocenters. The van der Waals surface area contributed by atoms with Gasteiger partial charge in [-0.05, 0) is 49.4 Å². The summed E-state index contributed by atoms with van der Waals surface area (Å²) in [5.74, 6) is 0.285. The van der Waals surface area contributed by atoms with Gasteiger partial charge in [0.2, 0.25) is 15.9 Å². The Labute approximate surface area is 138 Å². The van der Waals surface area contributed by atoms with Gasteiger partial charge in [0, 0.05) is 25.2 Å². The summed E-state index contributed by atoms with van der Waals surface area (Å²) in [7, 11) is -3.45. The molecule has 1 saturated heterocycles. The van der Waals surface area contributed by atoms with Gasteiger partial charge in [0.25, 0.3) is 0 Å². The third kappa shape index (κ3) is 4.65. The highest BCUT2D eigenvalue weighted by atomic mass is 32.2. The van der Waals surface area contributed by atoms with Crippen molar-refractivity contribution in [1.29, 1.82) is 0 Å². The fourth-order valence-corrected chi connectivity index (χ4v) is 4.28. The third-order valence-electron chi connectivity index (χ3n) is 3.97. The normalized spacial score (nSPS) is 19.3. The van der Waals surface area contributed by atoms with E-state index >= 15 is 0 Å². The first-order valence-corrected chi connectivity index (χ1v) is 9.38. The molecule has 1 fully saturated rings. The molecule has 6 heteroatoms. The van der Waals surface area contributed by atoms with Crippen LogP contribution in [0.2, 0.25) is 0 Å². The van der Waals surface area contributed by atoms with Gasteiger partial charge < -0.3 is 5.32 Å². The third-order valence-corrected chi connectivity index (χ3v) is 5.85. The summed E-state index contributed by atoms with van der Waals surface area (Å²) in [6.07, 6.45) is 4.65. The van der Waals surface area contributed by atoms with Crippen LogP contribution >= 0.6 is 0 Å². The summed E-state index contributed by atoms with van der Waals surface area (Å²) in [5, 5.41) is 2.75. The van der Waals surface area contributed by atoms with Crippen molar-refractivity contribution < 1.29 is 13.2 Å². The first-order chi connectivity index (χ1) is 10.9. The molecule has 2 rings (SSSR count). The average Bonchev–Trinajstić information content (AvgIpc) is 2.53. The van der Waals surface area contributed by atoms with Gasteiger partial charge in [-0.1, -0.05) is 13.0 Å². The highest BCUT2D eigenvalue weighted by Crippen LogP contribution is 2.24. The number of piperidine rings is 1. The minimum Gasteiger partial charge on any atom is -0.326 e. The van der Waals surface area contributed by atoms with Gasteiger partial charge in [-0.3, -0.25) is 4.79 Å². The second-order valence-electron chi connectivity index (χ2n) is 6.01. The number of hydrogen-bond acceptors (Lipinski definition) is 3. The fourth-order valence-electron chi connectivity index (χ4n) is 2.68. The molecular weight excluding hydrogens is 312 g/mol. The topological polar surface area (TPSA) is 66.5 Å². The number of nitrogens with one attached hydrogen (secondary N) is 1. The number of carbonyl (C=O) groups excluding carboxylic acids is 1. The van der Waals surface area contributed by atoms with Crippen LogP contribution < -0.4 is 5.32 Å². The lowest BCUT2D eigenvalue weighted by atomic mass is 10.0. The molecule has 1 amide bonds. The van der Waals surface area contributed by atoms with Crippen LogP contribution in [0.25, 0.3) is 0 Å². The molecule has 0 radical (unpaired) electrons. The van der Waals surface area contributed by atoms with Crippen LogP contribution in [0.4, 0.5) is 5.69 Å². The zero-order chi connectivity index (χ0) is 16.9. The van der Waals surface area contributed by atoms with Crippen molar-refractivity contribution in [1.82, 2.24) is 4.31 Å². The second kappa shape index (κ2) is 7.75. The Hall–Kier alpha value is -1.66. The molecule has 0 spiro atoms. The minimum absolute atomic E-state index is 0.106. The van der Waals surface area contributed by atoms with Crippen molar-refractivity contribution in [3.8, 4) is 0 Å². The van der Waals surface area contributed by atoms with E-state index in [2.05, 4.69) is 18.8 Å². The molecule has 1 aromatic carbocycles. The van der Waals surface area contributed by atoms with Gasteiger partial charge >= 0.3 is 0 Å². The van der Waals surface area contributed by atoms with Crippen molar-refractivity contribution in [3.05, 3.63) is 36.9 Å². The van der Waals surface area contributed by atoms with Crippen LogP contribution in [0.15, 0.2) is 41.8 Å². The van der Waals surface area contributed by atoms with E-state index in [0.717, 1.165) is 12.8 Å². The van der Waals surface area contributed by atoms with Crippen molar-refractivity contribution in [2.24, 2.45) is 5.92 Å². The molecule has 1 atom stereocenters. The van der Waals surface area contributed by atoms with E-state index in [1.807, 2.05) is 0 Å². The molecule has 23 heavy (non-hydrogen) atoms. The molecule has 0 bridgehead atoms. The number of rotatable bonds is 6. The van der Waals surface area contributed by atoms with Crippen LogP contribution in [0.1, 0.15) is 32.6 Å². The van der Waals surface area contributed by atoms with Crippen LogP contribution in [0.3, 0.4) is 0 Å². The number of amides is 1. The van der Waals surface area contributed by atoms with Gasteiger partial charge in [-0.15, -0.1) is 6.58 Å². The second-order valence-corrected chi connectivity index (χ2v) is 7.95. The maximum atomic E-state index is 12.6. The maximum Gasteiger partial charge on any atom is 0.243 e. The van der Waals surface area contributed by atoms with Crippen LogP contribution in [0, 0.1) is 5.92 Å². The number of benzene rings is 1. The van der Waals surface area contributed by atoms with Crippen molar-refractivity contribution in [2.45, 2.75) is 37.5 Å². The lowest BCUT2D eigenvalue weighted by Crippen LogP contribution is -2.39. The molecule has 1 heterocycles. The highest BCUT2D eigenvalue weighted by Gasteiger charge is 2.28. The molecule has 0 aromatic heterocycles. The van der Waals surface area contributed by atoms with E-state index in [1.165, 1.54) is 0 Å². The smallest absolute Gasteiger partial charge is 0.243 e. The first-order valence-electron chi connectivity index (χ1n) is 7.94. The summed E-state index contributed by atoms with van der Waals surface area (Å²) in [6, 6.07) is 6.37. The van der Waals surface area contributed by atoms with Crippen LogP contribution in [-0.4, -0.2) is 31.7 Å². The zero-order valence-corrected chi connectivity index (χ0v) is 14.3. The van der Waals surface area contributed by atoms with Crippen molar-refractivity contribution in [3.63, 3.8) is 0 Å². The standard InChI is InChI=1S/C17H24N2O3S/c1-3-4-7-17(20)18-15-8-10-16(11-9-15)23(21,22)19-12-5-6-14(2)13-19/h3,8-11,14H,1,4-7,12-13H2,2H3,(H,18,20). The molecule has 5 nitrogen and oxygen atoms in total. The molecule has 1 N–H and O–H groups in total.